The number of amides is 3. The average molecular weight is 510 g/mol. The van der Waals surface area contributed by atoms with Crippen LogP contribution in [0.3, 0.4) is 0 Å². The van der Waals surface area contributed by atoms with Crippen LogP contribution in [0.2, 0.25) is 0 Å². The van der Waals surface area contributed by atoms with E-state index in [2.05, 4.69) is 22.9 Å². The number of carbonyl (C=O) groups excluding carboxylic acids is 3. The van der Waals surface area contributed by atoms with Gasteiger partial charge in [0.2, 0.25) is 17.7 Å². The van der Waals surface area contributed by atoms with Crippen LogP contribution in [0, 0.1) is 0 Å². The monoisotopic (exact) mass is 509 g/mol. The van der Waals surface area contributed by atoms with E-state index in [1.807, 2.05) is 48.2 Å². The molecule has 2 aromatic rings. The number of likely N-dealkylation sites (tertiary alicyclic amines) is 1. The van der Waals surface area contributed by atoms with E-state index in [-0.39, 0.29) is 18.6 Å². The van der Waals surface area contributed by atoms with Gasteiger partial charge in [0.1, 0.15) is 12.1 Å². The summed E-state index contributed by atoms with van der Waals surface area (Å²) in [5.74, 6) is -0.838. The minimum atomic E-state index is -1.16. The van der Waals surface area contributed by atoms with E-state index in [1.54, 1.807) is 32.0 Å². The molecule has 2 aromatic carbocycles. The lowest BCUT2D eigenvalue weighted by Crippen LogP contribution is -2.56. The zero-order valence-corrected chi connectivity index (χ0v) is 22.1. The molecule has 0 saturated carbocycles. The Morgan fingerprint density at radius 2 is 1.81 bits per heavy atom. The molecule has 1 fully saturated rings. The maximum Gasteiger partial charge on any atom is 0.249 e. The van der Waals surface area contributed by atoms with Crippen molar-refractivity contribution in [1.82, 2.24) is 10.2 Å². The number of benzene rings is 2. The Kier molecular flexibility index (Phi) is 9.66. The standard InChI is InChI=1S/C28H39N5O4/c1-19-10-9-15-33(19)26(35)20(2)30-22-13-8-14-23(16-22)31-25(34)24(32-27(36)28(3,4)29)18-37-17-21-11-6-5-7-12-21/h5-8,11-14,16,19-20,24,30H,9-10,15,17-18,29H2,1-4H3,(H,31,34)(H,32,36)/t19?,20?,24-/m1/s1. The molecule has 1 aliphatic rings. The van der Waals surface area contributed by atoms with Crippen molar-refractivity contribution in [2.24, 2.45) is 5.73 Å². The predicted octanol–water partition coefficient (Wildman–Crippen LogP) is 2.88. The van der Waals surface area contributed by atoms with Crippen molar-refractivity contribution in [3.05, 3.63) is 60.2 Å². The third-order valence-corrected chi connectivity index (χ3v) is 6.32. The highest BCUT2D eigenvalue weighted by molar-refractivity contribution is 5.99. The lowest BCUT2D eigenvalue weighted by atomic mass is 10.1. The van der Waals surface area contributed by atoms with Crippen molar-refractivity contribution in [1.29, 1.82) is 0 Å². The summed E-state index contributed by atoms with van der Waals surface area (Å²) >= 11 is 0. The highest BCUT2D eigenvalue weighted by Gasteiger charge is 2.30. The fraction of sp³-hybridized carbons (Fsp3) is 0.464. The minimum absolute atomic E-state index is 0.0277. The summed E-state index contributed by atoms with van der Waals surface area (Å²) in [7, 11) is 0. The second-order valence-electron chi connectivity index (χ2n) is 10.2. The van der Waals surface area contributed by atoms with Crippen molar-refractivity contribution < 1.29 is 19.1 Å². The topological polar surface area (TPSA) is 126 Å². The molecule has 5 N–H and O–H groups in total. The zero-order valence-electron chi connectivity index (χ0n) is 22.1. The molecule has 0 spiro atoms. The number of carbonyl (C=O) groups is 3. The molecular weight excluding hydrogens is 470 g/mol. The van der Waals surface area contributed by atoms with E-state index >= 15 is 0 Å². The first-order valence-corrected chi connectivity index (χ1v) is 12.7. The molecule has 1 saturated heterocycles. The van der Waals surface area contributed by atoms with Crippen molar-refractivity contribution in [3.63, 3.8) is 0 Å². The quantitative estimate of drug-likeness (QED) is 0.369. The first kappa shape index (κ1) is 28.1. The van der Waals surface area contributed by atoms with Gasteiger partial charge in [-0.1, -0.05) is 36.4 Å². The predicted molar refractivity (Wildman–Crippen MR) is 145 cm³/mol. The molecule has 1 heterocycles. The number of rotatable bonds is 11. The van der Waals surface area contributed by atoms with Crippen molar-refractivity contribution in [2.45, 2.75) is 70.8 Å². The first-order valence-electron chi connectivity index (χ1n) is 12.7. The van der Waals surface area contributed by atoms with Gasteiger partial charge in [-0.15, -0.1) is 0 Å². The molecule has 0 bridgehead atoms. The van der Waals surface area contributed by atoms with Crippen LogP contribution >= 0.6 is 0 Å². The van der Waals surface area contributed by atoms with Gasteiger partial charge in [0.15, 0.2) is 0 Å². The molecule has 0 radical (unpaired) electrons. The van der Waals surface area contributed by atoms with E-state index < -0.39 is 29.4 Å². The van der Waals surface area contributed by atoms with Gasteiger partial charge in [-0.2, -0.15) is 0 Å². The van der Waals surface area contributed by atoms with Gasteiger partial charge in [0.05, 0.1) is 18.8 Å². The Morgan fingerprint density at radius 3 is 2.46 bits per heavy atom. The third-order valence-electron chi connectivity index (χ3n) is 6.32. The van der Waals surface area contributed by atoms with Crippen LogP contribution < -0.4 is 21.7 Å². The highest BCUT2D eigenvalue weighted by Crippen LogP contribution is 2.20. The Labute approximate surface area is 219 Å². The molecule has 9 heteroatoms. The number of nitrogens with zero attached hydrogens (tertiary/aromatic N) is 1. The zero-order chi connectivity index (χ0) is 27.0. The van der Waals surface area contributed by atoms with Gasteiger partial charge in [0, 0.05) is 24.0 Å². The molecule has 2 unspecified atom stereocenters. The SMILES string of the molecule is CC(Nc1cccc(NC(=O)[C@@H](COCc2ccccc2)NC(=O)C(C)(C)N)c1)C(=O)N1CCCC1C. The van der Waals surface area contributed by atoms with Gasteiger partial charge in [-0.05, 0) is 64.3 Å². The number of hydrogen-bond donors (Lipinski definition) is 4. The van der Waals surface area contributed by atoms with Crippen LogP contribution in [0.5, 0.6) is 0 Å². The second-order valence-corrected chi connectivity index (χ2v) is 10.2. The number of ether oxygens (including phenoxy) is 1. The Balaban J connectivity index is 1.63. The summed E-state index contributed by atoms with van der Waals surface area (Å²) in [5.41, 5.74) is 6.95. The van der Waals surface area contributed by atoms with Crippen molar-refractivity contribution >= 4 is 29.1 Å². The molecular formula is C28H39N5O4. The van der Waals surface area contributed by atoms with Gasteiger partial charge in [-0.25, -0.2) is 0 Å². The van der Waals surface area contributed by atoms with Gasteiger partial charge in [-0.3, -0.25) is 14.4 Å². The Hall–Kier alpha value is -3.43. The minimum Gasteiger partial charge on any atom is -0.374 e. The van der Waals surface area contributed by atoms with Gasteiger partial charge in [0.25, 0.3) is 0 Å². The van der Waals surface area contributed by atoms with Crippen LogP contribution in [0.15, 0.2) is 54.6 Å². The second kappa shape index (κ2) is 12.7. The van der Waals surface area contributed by atoms with E-state index in [9.17, 15) is 14.4 Å². The lowest BCUT2D eigenvalue weighted by Gasteiger charge is -2.26. The van der Waals surface area contributed by atoms with Crippen molar-refractivity contribution in [2.75, 3.05) is 23.8 Å². The molecule has 200 valence electrons. The third kappa shape index (κ3) is 8.30. The van der Waals surface area contributed by atoms with E-state index in [0.717, 1.165) is 24.9 Å². The maximum atomic E-state index is 13.1. The summed E-state index contributed by atoms with van der Waals surface area (Å²) in [5, 5.41) is 8.77. The number of nitrogens with one attached hydrogen (secondary N) is 3. The maximum absolute atomic E-state index is 13.1. The van der Waals surface area contributed by atoms with E-state index in [0.29, 0.717) is 18.0 Å². The van der Waals surface area contributed by atoms with Crippen LogP contribution in [-0.4, -0.2) is 59.4 Å². The van der Waals surface area contributed by atoms with Crippen LogP contribution in [-0.2, 0) is 25.7 Å². The van der Waals surface area contributed by atoms with Crippen molar-refractivity contribution in [3.8, 4) is 0 Å². The fourth-order valence-electron chi connectivity index (χ4n) is 4.13. The normalized spacial score (nSPS) is 17.1. The average Bonchev–Trinajstić information content (AvgIpc) is 3.28. The summed E-state index contributed by atoms with van der Waals surface area (Å²) < 4.78 is 5.74. The molecule has 37 heavy (non-hydrogen) atoms. The van der Waals surface area contributed by atoms with Gasteiger partial charge < -0.3 is 31.3 Å². The summed E-state index contributed by atoms with van der Waals surface area (Å²) in [6.45, 7) is 8.10. The molecule has 0 aromatic heterocycles. The van der Waals surface area contributed by atoms with E-state index in [1.165, 1.54) is 0 Å². The summed E-state index contributed by atoms with van der Waals surface area (Å²) in [6, 6.07) is 15.6. The largest absolute Gasteiger partial charge is 0.374 e. The molecule has 0 aliphatic carbocycles. The highest BCUT2D eigenvalue weighted by atomic mass is 16.5. The summed E-state index contributed by atoms with van der Waals surface area (Å²) in [4.78, 5) is 40.4. The molecule has 3 amide bonds. The Morgan fingerprint density at radius 1 is 1.11 bits per heavy atom. The van der Waals surface area contributed by atoms with Crippen LogP contribution in [0.4, 0.5) is 11.4 Å². The number of hydrogen-bond acceptors (Lipinski definition) is 6. The smallest absolute Gasteiger partial charge is 0.249 e. The Bertz CT molecular complexity index is 1070. The molecule has 3 rings (SSSR count). The fourth-order valence-corrected chi connectivity index (χ4v) is 4.13. The first-order chi connectivity index (χ1) is 17.5. The number of nitrogens with two attached hydrogens (primary N) is 1. The van der Waals surface area contributed by atoms with Crippen LogP contribution in [0.1, 0.15) is 46.1 Å². The van der Waals surface area contributed by atoms with E-state index in [4.69, 9.17) is 10.5 Å². The van der Waals surface area contributed by atoms with Crippen LogP contribution in [0.25, 0.3) is 0 Å². The lowest BCUT2D eigenvalue weighted by molar-refractivity contribution is -0.132. The summed E-state index contributed by atoms with van der Waals surface area (Å²) in [6.07, 6.45) is 2.04. The van der Waals surface area contributed by atoms with Gasteiger partial charge >= 0.3 is 0 Å². The number of anilines is 2. The molecule has 1 aliphatic heterocycles. The molecule has 9 nitrogen and oxygen atoms in total. The molecule has 3 atom stereocenters.